The second-order valence-electron chi connectivity index (χ2n) is 5.23. The van der Waals surface area contributed by atoms with Crippen LogP contribution in [0.5, 0.6) is 0 Å². The Morgan fingerprint density at radius 1 is 1.37 bits per heavy atom. The zero-order chi connectivity index (χ0) is 13.7. The fourth-order valence-electron chi connectivity index (χ4n) is 2.24. The predicted octanol–water partition coefficient (Wildman–Crippen LogP) is 1.50. The lowest BCUT2D eigenvalue weighted by atomic mass is 10.0. The normalized spacial score (nSPS) is 14.8. The number of hydrogen-bond donors (Lipinski definition) is 2. The predicted molar refractivity (Wildman–Crippen MR) is 75.1 cm³/mol. The molecule has 1 aliphatic rings. The van der Waals surface area contributed by atoms with Gasteiger partial charge in [-0.2, -0.15) is 0 Å². The van der Waals surface area contributed by atoms with Crippen molar-refractivity contribution in [3.8, 4) is 0 Å². The third-order valence-corrected chi connectivity index (χ3v) is 3.59. The van der Waals surface area contributed by atoms with E-state index in [0.29, 0.717) is 0 Å². The Morgan fingerprint density at radius 2 is 2.05 bits per heavy atom. The van der Waals surface area contributed by atoms with Gasteiger partial charge in [-0.3, -0.25) is 4.79 Å². The van der Waals surface area contributed by atoms with Crippen molar-refractivity contribution < 1.29 is 9.90 Å². The van der Waals surface area contributed by atoms with Crippen LogP contribution < -0.4 is 5.32 Å². The molecule has 0 bridgehead atoms. The van der Waals surface area contributed by atoms with Gasteiger partial charge < -0.3 is 15.3 Å². The van der Waals surface area contributed by atoms with Crippen LogP contribution in [0.2, 0.25) is 0 Å². The van der Waals surface area contributed by atoms with Crippen LogP contribution in [0.1, 0.15) is 24.0 Å². The number of nitrogens with one attached hydrogen (secondary N) is 1. The molecule has 2 N–H and O–H groups in total. The Bertz CT molecular complexity index is 430. The minimum absolute atomic E-state index is 0.0971. The van der Waals surface area contributed by atoms with Gasteiger partial charge in [0.2, 0.25) is 0 Å². The Hall–Kier alpha value is -1.39. The molecule has 0 unspecified atom stereocenters. The summed E-state index contributed by atoms with van der Waals surface area (Å²) in [7, 11) is 2.16. The van der Waals surface area contributed by atoms with Crippen molar-refractivity contribution in [3.63, 3.8) is 0 Å². The van der Waals surface area contributed by atoms with E-state index < -0.39 is 5.97 Å². The highest BCUT2D eigenvalue weighted by Crippen LogP contribution is 2.24. The molecule has 4 nitrogen and oxygen atoms in total. The van der Waals surface area contributed by atoms with Crippen molar-refractivity contribution in [1.82, 2.24) is 10.2 Å². The number of carboxylic acid groups (broad SMARTS) is 1. The molecule has 19 heavy (non-hydrogen) atoms. The van der Waals surface area contributed by atoms with Crippen molar-refractivity contribution in [2.24, 2.45) is 0 Å². The van der Waals surface area contributed by atoms with Gasteiger partial charge in [0.25, 0.3) is 0 Å². The van der Waals surface area contributed by atoms with Crippen LogP contribution in [0.3, 0.4) is 0 Å². The fraction of sp³-hybridized carbons (Fsp3) is 0.533. The quantitative estimate of drug-likeness (QED) is 0.697. The highest BCUT2D eigenvalue weighted by molar-refractivity contribution is 5.70. The van der Waals surface area contributed by atoms with Gasteiger partial charge in [0.1, 0.15) is 0 Å². The lowest BCUT2D eigenvalue weighted by molar-refractivity contribution is -0.136. The molecule has 2 rings (SSSR count). The third kappa shape index (κ3) is 4.65. The maximum Gasteiger partial charge on any atom is 0.307 e. The van der Waals surface area contributed by atoms with E-state index in [1.54, 1.807) is 0 Å². The van der Waals surface area contributed by atoms with Crippen LogP contribution in [-0.4, -0.2) is 42.2 Å². The number of nitrogens with zero attached hydrogens (tertiary/aromatic N) is 1. The third-order valence-electron chi connectivity index (χ3n) is 3.59. The molecule has 0 saturated heterocycles. The molecule has 0 aliphatic heterocycles. The molecule has 0 spiro atoms. The molecule has 4 heteroatoms. The summed E-state index contributed by atoms with van der Waals surface area (Å²) < 4.78 is 0. The van der Waals surface area contributed by atoms with Crippen LogP contribution in [0.15, 0.2) is 24.3 Å². The average molecular weight is 262 g/mol. The number of benzene rings is 1. The first-order chi connectivity index (χ1) is 9.16. The number of carbonyl (C=O) groups is 1. The van der Waals surface area contributed by atoms with Gasteiger partial charge in [-0.15, -0.1) is 0 Å². The second-order valence-corrected chi connectivity index (χ2v) is 5.23. The maximum absolute atomic E-state index is 10.8. The summed E-state index contributed by atoms with van der Waals surface area (Å²) in [5, 5.41) is 12.3. The first-order valence-corrected chi connectivity index (χ1v) is 6.86. The first kappa shape index (κ1) is 14.0. The number of rotatable bonds is 8. The highest BCUT2D eigenvalue weighted by Gasteiger charge is 2.25. The number of aliphatic carboxylic acids is 1. The summed E-state index contributed by atoms with van der Waals surface area (Å²) in [5.74, 6) is -0.777. The molecule has 1 fully saturated rings. The molecule has 1 aromatic rings. The molecule has 0 atom stereocenters. The summed E-state index contributed by atoms with van der Waals surface area (Å²) >= 11 is 0. The van der Waals surface area contributed by atoms with E-state index in [-0.39, 0.29) is 6.42 Å². The summed E-state index contributed by atoms with van der Waals surface area (Å²) in [5.41, 5.74) is 1.98. The van der Waals surface area contributed by atoms with Gasteiger partial charge in [-0.1, -0.05) is 24.3 Å². The monoisotopic (exact) mass is 262 g/mol. The van der Waals surface area contributed by atoms with Gasteiger partial charge in [0.05, 0.1) is 6.42 Å². The van der Waals surface area contributed by atoms with Crippen LogP contribution >= 0.6 is 0 Å². The molecule has 0 heterocycles. The smallest absolute Gasteiger partial charge is 0.307 e. The minimum Gasteiger partial charge on any atom is -0.481 e. The average Bonchev–Trinajstić information content (AvgIpc) is 3.19. The summed E-state index contributed by atoms with van der Waals surface area (Å²) in [6.45, 7) is 2.72. The topological polar surface area (TPSA) is 52.6 Å². The highest BCUT2D eigenvalue weighted by atomic mass is 16.4. The summed E-state index contributed by atoms with van der Waals surface area (Å²) in [4.78, 5) is 13.2. The van der Waals surface area contributed by atoms with E-state index >= 15 is 0 Å². The van der Waals surface area contributed by atoms with Gasteiger partial charge in [0, 0.05) is 25.7 Å². The van der Waals surface area contributed by atoms with Gasteiger partial charge >= 0.3 is 5.97 Å². The maximum atomic E-state index is 10.8. The number of carboxylic acids is 1. The lowest BCUT2D eigenvalue weighted by Crippen LogP contribution is -2.30. The van der Waals surface area contributed by atoms with Gasteiger partial charge in [-0.25, -0.2) is 0 Å². The fourth-order valence-corrected chi connectivity index (χ4v) is 2.24. The molecule has 0 aromatic heterocycles. The summed E-state index contributed by atoms with van der Waals surface area (Å²) in [6.07, 6.45) is 2.76. The van der Waals surface area contributed by atoms with E-state index in [1.807, 2.05) is 24.3 Å². The van der Waals surface area contributed by atoms with Crippen LogP contribution in [0.4, 0.5) is 0 Å². The van der Waals surface area contributed by atoms with Crippen LogP contribution in [-0.2, 0) is 17.8 Å². The van der Waals surface area contributed by atoms with Crippen molar-refractivity contribution in [3.05, 3.63) is 35.4 Å². The zero-order valence-electron chi connectivity index (χ0n) is 11.4. The Morgan fingerprint density at radius 3 is 2.68 bits per heavy atom. The van der Waals surface area contributed by atoms with Crippen molar-refractivity contribution in [2.75, 3.05) is 20.1 Å². The Kier molecular flexibility index (Phi) is 4.93. The number of hydrogen-bond acceptors (Lipinski definition) is 3. The second kappa shape index (κ2) is 6.68. The largest absolute Gasteiger partial charge is 0.481 e. The Labute approximate surface area is 114 Å². The van der Waals surface area contributed by atoms with Crippen molar-refractivity contribution >= 4 is 5.97 Å². The lowest BCUT2D eigenvalue weighted by Gasteiger charge is -2.16. The molecule has 0 amide bonds. The van der Waals surface area contributed by atoms with E-state index in [4.69, 9.17) is 5.11 Å². The first-order valence-electron chi connectivity index (χ1n) is 6.86. The zero-order valence-corrected chi connectivity index (χ0v) is 11.4. The van der Waals surface area contributed by atoms with E-state index in [9.17, 15) is 4.79 Å². The SMILES string of the molecule is CN(CCNCc1ccccc1CC(=O)O)C1CC1. The van der Waals surface area contributed by atoms with Crippen molar-refractivity contribution in [2.45, 2.75) is 31.8 Å². The summed E-state index contributed by atoms with van der Waals surface area (Å²) in [6, 6.07) is 8.53. The van der Waals surface area contributed by atoms with E-state index in [0.717, 1.165) is 36.8 Å². The molecule has 1 aromatic carbocycles. The Balaban J connectivity index is 1.76. The number of likely N-dealkylation sites (N-methyl/N-ethyl adjacent to an activating group) is 1. The van der Waals surface area contributed by atoms with Crippen LogP contribution in [0, 0.1) is 0 Å². The van der Waals surface area contributed by atoms with Gasteiger partial charge in [0.15, 0.2) is 0 Å². The molecular formula is C15H22N2O2. The molecule has 0 radical (unpaired) electrons. The van der Waals surface area contributed by atoms with Gasteiger partial charge in [-0.05, 0) is 31.0 Å². The van der Waals surface area contributed by atoms with Crippen molar-refractivity contribution in [1.29, 1.82) is 0 Å². The van der Waals surface area contributed by atoms with Crippen LogP contribution in [0.25, 0.3) is 0 Å². The van der Waals surface area contributed by atoms with E-state index in [1.165, 1.54) is 12.8 Å². The molecular weight excluding hydrogens is 240 g/mol. The molecule has 1 aliphatic carbocycles. The molecule has 104 valence electrons. The standard InChI is InChI=1S/C15H22N2O2/c1-17(14-6-7-14)9-8-16-11-13-5-3-2-4-12(13)10-15(18)19/h2-5,14,16H,6-11H2,1H3,(H,18,19). The molecule has 1 saturated carbocycles. The minimum atomic E-state index is -0.777. The van der Waals surface area contributed by atoms with E-state index in [2.05, 4.69) is 17.3 Å².